The molecule has 0 amide bonds. The third kappa shape index (κ3) is 7.03. The average Bonchev–Trinajstić information content (AvgIpc) is 2.09. The smallest absolute Gasteiger partial charge is 0.149 e. The summed E-state index contributed by atoms with van der Waals surface area (Å²) < 4.78 is 21.6. The van der Waals surface area contributed by atoms with Crippen molar-refractivity contribution in [3.8, 4) is 0 Å². The van der Waals surface area contributed by atoms with Crippen molar-refractivity contribution in [2.75, 3.05) is 12.0 Å². The molecule has 14 heavy (non-hydrogen) atoms. The minimum atomic E-state index is -3.01. The van der Waals surface area contributed by atoms with E-state index in [0.717, 1.165) is 19.1 Å². The Morgan fingerprint density at radius 1 is 1.43 bits per heavy atom. The zero-order valence-corrected chi connectivity index (χ0v) is 9.64. The first-order valence-corrected chi connectivity index (χ1v) is 6.89. The topological polar surface area (TPSA) is 77.2 Å². The fourth-order valence-corrected chi connectivity index (χ4v) is 1.72. The number of ketones is 1. The van der Waals surface area contributed by atoms with Gasteiger partial charge in [0.05, 0.1) is 11.8 Å². The van der Waals surface area contributed by atoms with E-state index in [1.807, 2.05) is 6.92 Å². The molecule has 0 saturated carbocycles. The molecular weight excluding hydrogens is 202 g/mol. The zero-order valence-electron chi connectivity index (χ0n) is 8.82. The van der Waals surface area contributed by atoms with Crippen LogP contribution in [-0.2, 0) is 14.6 Å². The SMILES string of the molecule is CCCCC(=O)C(N)CCS(C)(=O)=O. The number of carbonyl (C=O) groups excluding carboxylic acids is 1. The van der Waals surface area contributed by atoms with E-state index in [2.05, 4.69) is 0 Å². The van der Waals surface area contributed by atoms with E-state index in [1.165, 1.54) is 0 Å². The number of Topliss-reactive ketones (excluding diaryl/α,β-unsaturated/α-hetero) is 1. The quantitative estimate of drug-likeness (QED) is 0.679. The molecule has 1 atom stereocenters. The molecule has 0 radical (unpaired) electrons. The van der Waals surface area contributed by atoms with E-state index < -0.39 is 15.9 Å². The molecule has 0 fully saturated rings. The normalized spacial score (nSPS) is 13.9. The molecule has 0 spiro atoms. The lowest BCUT2D eigenvalue weighted by Gasteiger charge is -2.08. The van der Waals surface area contributed by atoms with Crippen molar-refractivity contribution in [1.29, 1.82) is 0 Å². The number of sulfone groups is 1. The molecule has 0 aromatic heterocycles. The van der Waals surface area contributed by atoms with Gasteiger partial charge in [-0.15, -0.1) is 0 Å². The highest BCUT2D eigenvalue weighted by Crippen LogP contribution is 2.02. The number of rotatable bonds is 7. The largest absolute Gasteiger partial charge is 0.321 e. The van der Waals surface area contributed by atoms with Crippen molar-refractivity contribution in [3.05, 3.63) is 0 Å². The summed E-state index contributed by atoms with van der Waals surface area (Å²) >= 11 is 0. The Kier molecular flexibility index (Phi) is 5.95. The lowest BCUT2D eigenvalue weighted by atomic mass is 10.1. The summed E-state index contributed by atoms with van der Waals surface area (Å²) in [6, 6.07) is -0.615. The third-order valence-corrected chi connectivity index (χ3v) is 2.97. The van der Waals surface area contributed by atoms with Gasteiger partial charge >= 0.3 is 0 Å². The van der Waals surface area contributed by atoms with Crippen LogP contribution >= 0.6 is 0 Å². The van der Waals surface area contributed by atoms with E-state index in [1.54, 1.807) is 0 Å². The van der Waals surface area contributed by atoms with Crippen molar-refractivity contribution in [3.63, 3.8) is 0 Å². The Morgan fingerprint density at radius 3 is 2.43 bits per heavy atom. The summed E-state index contributed by atoms with van der Waals surface area (Å²) in [4.78, 5) is 11.3. The van der Waals surface area contributed by atoms with Gasteiger partial charge in [-0.3, -0.25) is 4.79 Å². The monoisotopic (exact) mass is 221 g/mol. The van der Waals surface area contributed by atoms with Gasteiger partial charge in [0.1, 0.15) is 15.6 Å². The average molecular weight is 221 g/mol. The minimum Gasteiger partial charge on any atom is -0.321 e. The van der Waals surface area contributed by atoms with Crippen LogP contribution < -0.4 is 5.73 Å². The molecule has 0 aliphatic rings. The molecule has 1 unspecified atom stereocenters. The molecular formula is C9H19NO3S. The maximum atomic E-state index is 11.3. The summed E-state index contributed by atoms with van der Waals surface area (Å²) in [7, 11) is -3.01. The van der Waals surface area contributed by atoms with E-state index in [0.29, 0.717) is 6.42 Å². The van der Waals surface area contributed by atoms with Crippen LogP contribution in [0.5, 0.6) is 0 Å². The van der Waals surface area contributed by atoms with Crippen LogP contribution in [0.2, 0.25) is 0 Å². The van der Waals surface area contributed by atoms with Crippen LogP contribution in [0.25, 0.3) is 0 Å². The van der Waals surface area contributed by atoms with E-state index in [4.69, 9.17) is 5.73 Å². The van der Waals surface area contributed by atoms with Crippen molar-refractivity contribution >= 4 is 15.6 Å². The maximum Gasteiger partial charge on any atom is 0.149 e. The second-order valence-corrected chi connectivity index (χ2v) is 5.85. The van der Waals surface area contributed by atoms with Crippen molar-refractivity contribution < 1.29 is 13.2 Å². The standard InChI is InChI=1S/C9H19NO3S/c1-3-4-5-9(11)8(10)6-7-14(2,12)13/h8H,3-7,10H2,1-2H3. The number of hydrogen-bond acceptors (Lipinski definition) is 4. The molecule has 4 nitrogen and oxygen atoms in total. The summed E-state index contributed by atoms with van der Waals surface area (Å²) in [5, 5.41) is 0. The predicted octanol–water partition coefficient (Wildman–Crippen LogP) is 0.508. The number of carbonyl (C=O) groups is 1. The summed E-state index contributed by atoms with van der Waals surface area (Å²) in [6.45, 7) is 2.00. The van der Waals surface area contributed by atoms with Gasteiger partial charge in [-0.2, -0.15) is 0 Å². The van der Waals surface area contributed by atoms with E-state index in [-0.39, 0.29) is 18.0 Å². The third-order valence-electron chi connectivity index (χ3n) is 1.99. The van der Waals surface area contributed by atoms with Gasteiger partial charge in [0.2, 0.25) is 0 Å². The van der Waals surface area contributed by atoms with Crippen molar-refractivity contribution in [2.45, 2.75) is 38.6 Å². The second kappa shape index (κ2) is 6.14. The Hall–Kier alpha value is -0.420. The van der Waals surface area contributed by atoms with Crippen LogP contribution in [0.1, 0.15) is 32.6 Å². The van der Waals surface area contributed by atoms with Crippen LogP contribution in [0.3, 0.4) is 0 Å². The molecule has 2 N–H and O–H groups in total. The molecule has 0 heterocycles. The number of hydrogen-bond donors (Lipinski definition) is 1. The molecule has 0 rings (SSSR count). The highest BCUT2D eigenvalue weighted by molar-refractivity contribution is 7.90. The minimum absolute atomic E-state index is 0.00791. The highest BCUT2D eigenvalue weighted by atomic mass is 32.2. The van der Waals surface area contributed by atoms with Crippen LogP contribution in [0.4, 0.5) is 0 Å². The van der Waals surface area contributed by atoms with Gasteiger partial charge in [-0.25, -0.2) is 8.42 Å². The Labute approximate surface area is 85.8 Å². The van der Waals surface area contributed by atoms with Crippen molar-refractivity contribution in [2.24, 2.45) is 5.73 Å². The molecule has 0 aromatic rings. The Balaban J connectivity index is 3.84. The van der Waals surface area contributed by atoms with Gasteiger partial charge in [-0.05, 0) is 12.8 Å². The molecule has 5 heteroatoms. The number of nitrogens with two attached hydrogens (primary N) is 1. The summed E-state index contributed by atoms with van der Waals surface area (Å²) in [6.07, 6.45) is 3.62. The molecule has 0 bridgehead atoms. The highest BCUT2D eigenvalue weighted by Gasteiger charge is 2.14. The first kappa shape index (κ1) is 13.6. The van der Waals surface area contributed by atoms with Crippen LogP contribution in [0, 0.1) is 0 Å². The predicted molar refractivity (Wildman–Crippen MR) is 56.8 cm³/mol. The van der Waals surface area contributed by atoms with Gasteiger partial charge < -0.3 is 5.73 Å². The summed E-state index contributed by atoms with van der Waals surface area (Å²) in [5.41, 5.74) is 5.55. The fourth-order valence-electron chi connectivity index (χ4n) is 1.04. The summed E-state index contributed by atoms with van der Waals surface area (Å²) in [5.74, 6) is -0.0398. The van der Waals surface area contributed by atoms with Crippen molar-refractivity contribution in [1.82, 2.24) is 0 Å². The molecule has 0 aromatic carbocycles. The van der Waals surface area contributed by atoms with Gasteiger partial charge in [0.25, 0.3) is 0 Å². The second-order valence-electron chi connectivity index (χ2n) is 3.59. The van der Waals surface area contributed by atoms with Crippen LogP contribution in [-0.4, -0.2) is 32.3 Å². The molecule has 0 aliphatic carbocycles. The zero-order chi connectivity index (χ0) is 11.2. The van der Waals surface area contributed by atoms with E-state index >= 15 is 0 Å². The van der Waals surface area contributed by atoms with E-state index in [9.17, 15) is 13.2 Å². The van der Waals surface area contributed by atoms with Crippen LogP contribution in [0.15, 0.2) is 0 Å². The van der Waals surface area contributed by atoms with Gasteiger partial charge in [-0.1, -0.05) is 13.3 Å². The Morgan fingerprint density at radius 2 is 2.00 bits per heavy atom. The first-order chi connectivity index (χ1) is 6.37. The number of unbranched alkanes of at least 4 members (excludes halogenated alkanes) is 1. The lowest BCUT2D eigenvalue weighted by molar-refractivity contribution is -0.120. The molecule has 84 valence electrons. The fraction of sp³-hybridized carbons (Fsp3) is 0.889. The van der Waals surface area contributed by atoms with Gasteiger partial charge in [0.15, 0.2) is 0 Å². The maximum absolute atomic E-state index is 11.3. The first-order valence-electron chi connectivity index (χ1n) is 4.83. The molecule has 0 aliphatic heterocycles. The molecule has 0 saturated heterocycles. The lowest BCUT2D eigenvalue weighted by Crippen LogP contribution is -2.32. The van der Waals surface area contributed by atoms with Gasteiger partial charge in [0, 0.05) is 12.7 Å². The Bertz CT molecular complexity index is 272.